The molecule has 76 valence electrons. The van der Waals surface area contributed by atoms with Crippen molar-refractivity contribution in [3.05, 3.63) is 0 Å². The van der Waals surface area contributed by atoms with Crippen molar-refractivity contribution in [1.29, 1.82) is 5.26 Å². The van der Waals surface area contributed by atoms with E-state index in [9.17, 15) is 0 Å². The van der Waals surface area contributed by atoms with E-state index in [1.165, 1.54) is 0 Å². The molecule has 1 atom stereocenters. The van der Waals surface area contributed by atoms with Crippen LogP contribution in [0.15, 0.2) is 0 Å². The van der Waals surface area contributed by atoms with Gasteiger partial charge in [0.05, 0.1) is 6.07 Å². The molecule has 1 unspecified atom stereocenters. The molecule has 0 bridgehead atoms. The summed E-state index contributed by atoms with van der Waals surface area (Å²) < 4.78 is 5.85. The van der Waals surface area contributed by atoms with Gasteiger partial charge in [0.15, 0.2) is 8.32 Å². The van der Waals surface area contributed by atoms with E-state index >= 15 is 0 Å². The first-order valence-electron chi connectivity index (χ1n) is 4.94. The highest BCUT2D eigenvalue weighted by atomic mass is 28.4. The van der Waals surface area contributed by atoms with Crippen molar-refractivity contribution in [1.82, 2.24) is 0 Å². The Morgan fingerprint density at radius 3 is 2.23 bits per heavy atom. The van der Waals surface area contributed by atoms with Gasteiger partial charge in [0, 0.05) is 0 Å². The summed E-state index contributed by atoms with van der Waals surface area (Å²) in [7, 11) is -1.59. The third kappa shape index (κ3) is 5.84. The van der Waals surface area contributed by atoms with E-state index in [2.05, 4.69) is 32.6 Å². The number of nitrogens with zero attached hydrogens (tertiary/aromatic N) is 1. The lowest BCUT2D eigenvalue weighted by atomic mass is 10.0. The minimum absolute atomic E-state index is 0.555. The Bertz CT molecular complexity index is 192. The molecule has 3 heteroatoms. The molecule has 0 spiro atoms. The number of unbranched alkanes of at least 4 members (excludes halogenated alkanes) is 1. The summed E-state index contributed by atoms with van der Waals surface area (Å²) in [5.74, 6) is 0. The maximum absolute atomic E-state index is 9.02. The molecule has 0 aromatic rings. The van der Waals surface area contributed by atoms with Gasteiger partial charge in [-0.2, -0.15) is 5.26 Å². The maximum Gasteiger partial charge on any atom is 0.185 e. The third-order valence-corrected chi connectivity index (χ3v) is 2.84. The zero-order chi connectivity index (χ0) is 10.5. The number of hydrogen-bond acceptors (Lipinski definition) is 2. The summed E-state index contributed by atoms with van der Waals surface area (Å²) in [6.07, 6.45) is 3.03. The van der Waals surface area contributed by atoms with Crippen molar-refractivity contribution in [2.24, 2.45) is 0 Å². The van der Waals surface area contributed by atoms with Crippen molar-refractivity contribution in [2.45, 2.75) is 58.4 Å². The van der Waals surface area contributed by atoms with Crippen LogP contribution in [0.4, 0.5) is 0 Å². The van der Waals surface area contributed by atoms with E-state index in [4.69, 9.17) is 9.69 Å². The van der Waals surface area contributed by atoms with Crippen LogP contribution in [0, 0.1) is 11.3 Å². The fraction of sp³-hybridized carbons (Fsp3) is 0.900. The van der Waals surface area contributed by atoms with Gasteiger partial charge in [-0.3, -0.25) is 0 Å². The Morgan fingerprint density at radius 2 is 1.92 bits per heavy atom. The summed E-state index contributed by atoms with van der Waals surface area (Å²) in [6.45, 7) is 10.4. The first-order chi connectivity index (χ1) is 5.83. The van der Waals surface area contributed by atoms with E-state index in [0.717, 1.165) is 19.3 Å². The summed E-state index contributed by atoms with van der Waals surface area (Å²) in [5, 5.41) is 9.02. The lowest BCUT2D eigenvalue weighted by molar-refractivity contribution is 0.127. The summed E-state index contributed by atoms with van der Waals surface area (Å²) in [4.78, 5) is 0. The van der Waals surface area contributed by atoms with Crippen molar-refractivity contribution in [2.75, 3.05) is 0 Å². The van der Waals surface area contributed by atoms with Gasteiger partial charge in [-0.15, -0.1) is 0 Å². The van der Waals surface area contributed by atoms with Crippen LogP contribution in [0.5, 0.6) is 0 Å². The van der Waals surface area contributed by atoms with Gasteiger partial charge < -0.3 is 4.43 Å². The van der Waals surface area contributed by atoms with Gasteiger partial charge in [0.2, 0.25) is 0 Å². The highest BCUT2D eigenvalue weighted by Gasteiger charge is 2.30. The van der Waals surface area contributed by atoms with Crippen LogP contribution in [-0.4, -0.2) is 13.9 Å². The molecule has 0 rings (SSSR count). The molecule has 0 radical (unpaired) electrons. The van der Waals surface area contributed by atoms with Gasteiger partial charge in [-0.05, 0) is 39.4 Å². The topological polar surface area (TPSA) is 33.0 Å². The Labute approximate surface area is 83.0 Å². The van der Waals surface area contributed by atoms with Crippen LogP contribution in [0.3, 0.4) is 0 Å². The van der Waals surface area contributed by atoms with Crippen molar-refractivity contribution < 1.29 is 4.43 Å². The molecule has 2 nitrogen and oxygen atoms in total. The Hall–Kier alpha value is -0.333. The van der Waals surface area contributed by atoms with E-state index in [0.29, 0.717) is 0 Å². The lowest BCUT2D eigenvalue weighted by Gasteiger charge is -2.30. The van der Waals surface area contributed by atoms with Crippen LogP contribution in [-0.2, 0) is 4.43 Å². The zero-order valence-electron chi connectivity index (χ0n) is 9.48. The van der Waals surface area contributed by atoms with Gasteiger partial charge >= 0.3 is 0 Å². The Balaban J connectivity index is 4.22. The molecule has 0 heterocycles. The minimum Gasteiger partial charge on any atom is -0.400 e. The molecule has 13 heavy (non-hydrogen) atoms. The highest BCUT2D eigenvalue weighted by molar-refractivity contribution is 6.69. The highest BCUT2D eigenvalue weighted by Crippen LogP contribution is 2.22. The normalized spacial score (nSPS) is 16.3. The molecule has 0 N–H and O–H groups in total. The lowest BCUT2D eigenvalue weighted by Crippen LogP contribution is -2.39. The van der Waals surface area contributed by atoms with Gasteiger partial charge in [0.1, 0.15) is 5.60 Å². The summed E-state index contributed by atoms with van der Waals surface area (Å²) >= 11 is 0. The standard InChI is InChI=1S/C10H21NOSi/c1-6-7-8-10(2,9-11)12-13(3,4)5/h6-8H2,1-5H3. The minimum atomic E-state index is -1.59. The average molecular weight is 199 g/mol. The molecule has 0 aliphatic rings. The Kier molecular flexibility index (Phi) is 4.66. The fourth-order valence-corrected chi connectivity index (χ4v) is 2.82. The second kappa shape index (κ2) is 4.78. The van der Waals surface area contributed by atoms with E-state index in [-0.39, 0.29) is 0 Å². The van der Waals surface area contributed by atoms with E-state index in [1.54, 1.807) is 0 Å². The second-order valence-electron chi connectivity index (χ2n) is 4.66. The monoisotopic (exact) mass is 199 g/mol. The molecule has 0 aliphatic heterocycles. The summed E-state index contributed by atoms with van der Waals surface area (Å²) in [6, 6.07) is 2.28. The molecule has 0 aliphatic carbocycles. The number of hydrogen-bond donors (Lipinski definition) is 0. The molecule has 0 aromatic heterocycles. The van der Waals surface area contributed by atoms with Crippen LogP contribution in [0.2, 0.25) is 19.6 Å². The SMILES string of the molecule is CCCCC(C)(C#N)O[Si](C)(C)C. The van der Waals surface area contributed by atoms with Crippen molar-refractivity contribution >= 4 is 8.32 Å². The predicted octanol–water partition coefficient (Wildman–Crippen LogP) is 3.31. The van der Waals surface area contributed by atoms with Crippen molar-refractivity contribution in [3.8, 4) is 6.07 Å². The zero-order valence-corrected chi connectivity index (χ0v) is 10.5. The molecule has 0 fully saturated rings. The first kappa shape index (κ1) is 12.7. The van der Waals surface area contributed by atoms with Crippen LogP contribution >= 0.6 is 0 Å². The first-order valence-corrected chi connectivity index (χ1v) is 8.35. The third-order valence-electron chi connectivity index (χ3n) is 1.78. The molecular weight excluding hydrogens is 178 g/mol. The van der Waals surface area contributed by atoms with Crippen LogP contribution < -0.4 is 0 Å². The van der Waals surface area contributed by atoms with Gasteiger partial charge in [0.25, 0.3) is 0 Å². The molecular formula is C10H21NOSi. The molecule has 0 saturated carbocycles. The van der Waals surface area contributed by atoms with E-state index in [1.807, 2.05) is 6.92 Å². The molecule has 0 aromatic carbocycles. The molecule has 0 saturated heterocycles. The predicted molar refractivity (Wildman–Crippen MR) is 58.0 cm³/mol. The fourth-order valence-electron chi connectivity index (χ4n) is 1.32. The van der Waals surface area contributed by atoms with Crippen molar-refractivity contribution in [3.63, 3.8) is 0 Å². The second-order valence-corrected chi connectivity index (χ2v) is 9.09. The number of nitriles is 1. The largest absolute Gasteiger partial charge is 0.400 e. The smallest absolute Gasteiger partial charge is 0.185 e. The Morgan fingerprint density at radius 1 is 1.38 bits per heavy atom. The van der Waals surface area contributed by atoms with Gasteiger partial charge in [-0.25, -0.2) is 0 Å². The van der Waals surface area contributed by atoms with Crippen LogP contribution in [0.1, 0.15) is 33.1 Å². The molecule has 0 amide bonds. The maximum atomic E-state index is 9.02. The average Bonchev–Trinajstić information content (AvgIpc) is 1.98. The van der Waals surface area contributed by atoms with E-state index < -0.39 is 13.9 Å². The number of rotatable bonds is 5. The van der Waals surface area contributed by atoms with Gasteiger partial charge in [-0.1, -0.05) is 13.3 Å². The quantitative estimate of drug-likeness (QED) is 0.636. The van der Waals surface area contributed by atoms with Crippen LogP contribution in [0.25, 0.3) is 0 Å². The summed E-state index contributed by atoms with van der Waals surface area (Å²) in [5.41, 5.74) is -0.555.